The third-order valence-electron chi connectivity index (χ3n) is 3.12. The number of fused-ring (bicyclic) bond motifs is 3. The molecule has 0 bridgehead atoms. The lowest BCUT2D eigenvalue weighted by Crippen LogP contribution is -2.10. The molecule has 3 aromatic rings. The highest BCUT2D eigenvalue weighted by molar-refractivity contribution is 6.50. The third-order valence-corrected chi connectivity index (χ3v) is 3.12. The fourth-order valence-electron chi connectivity index (χ4n) is 2.17. The van der Waals surface area contributed by atoms with Gasteiger partial charge in [-0.15, -0.1) is 0 Å². The van der Waals surface area contributed by atoms with Crippen LogP contribution in [-0.4, -0.2) is 41.5 Å². The lowest BCUT2D eigenvalue weighted by molar-refractivity contribution is 0.0427. The number of ether oxygens (including phenoxy) is 1. The van der Waals surface area contributed by atoms with Crippen molar-refractivity contribution in [3.05, 3.63) is 41.1 Å². The van der Waals surface area contributed by atoms with Gasteiger partial charge in [-0.1, -0.05) is 0 Å². The fourth-order valence-corrected chi connectivity index (χ4v) is 2.17. The first kappa shape index (κ1) is 19.1. The summed E-state index contributed by atoms with van der Waals surface area (Å²) >= 11 is 0. The zero-order valence-electron chi connectivity index (χ0n) is 13.0. The van der Waals surface area contributed by atoms with Crippen molar-refractivity contribution in [2.75, 3.05) is 13.2 Å². The second kappa shape index (κ2) is 7.79. The van der Waals surface area contributed by atoms with Crippen LogP contribution in [0, 0.1) is 5.39 Å². The molecule has 2 aromatic heterocycles. The van der Waals surface area contributed by atoms with Gasteiger partial charge in [0.15, 0.2) is 4.98 Å². The summed E-state index contributed by atoms with van der Waals surface area (Å²) in [6.45, 7) is -0.303. The van der Waals surface area contributed by atoms with E-state index in [-0.39, 0.29) is 18.9 Å². The summed E-state index contributed by atoms with van der Waals surface area (Å²) in [5.74, 6) is -0.594. The highest BCUT2D eigenvalue weighted by atomic mass is 19.5. The van der Waals surface area contributed by atoms with E-state index in [0.29, 0.717) is 5.69 Å². The zero-order valence-corrected chi connectivity index (χ0v) is 13.0. The van der Waals surface area contributed by atoms with Gasteiger partial charge in [0.2, 0.25) is 5.39 Å². The number of carbonyl (C=O) groups is 1. The van der Waals surface area contributed by atoms with E-state index >= 15 is 0 Å². The minimum absolute atomic E-state index is 0.0695. The number of aromatic amines is 1. The van der Waals surface area contributed by atoms with Crippen molar-refractivity contribution in [3.63, 3.8) is 0 Å². The molecule has 0 spiro atoms. The lowest BCUT2D eigenvalue weighted by atomic mass is 10.1. The molecule has 0 aliphatic carbocycles. The lowest BCUT2D eigenvalue weighted by Gasteiger charge is -2.01. The van der Waals surface area contributed by atoms with E-state index in [4.69, 9.17) is 15.2 Å². The number of aliphatic hydroxyl groups excluding tert-OH is 1. The van der Waals surface area contributed by atoms with Gasteiger partial charge in [0.05, 0.1) is 18.3 Å². The number of hydrogen-bond donors (Lipinski definition) is 2. The van der Waals surface area contributed by atoms with Gasteiger partial charge in [-0.3, -0.25) is 0 Å². The van der Waals surface area contributed by atoms with E-state index in [9.17, 15) is 22.1 Å². The molecule has 2 heterocycles. The van der Waals surface area contributed by atoms with E-state index < -0.39 is 13.2 Å². The van der Waals surface area contributed by atoms with E-state index in [1.54, 1.807) is 30.5 Å². The van der Waals surface area contributed by atoms with E-state index in [1.165, 1.54) is 0 Å². The minimum atomic E-state index is -6.00. The quantitative estimate of drug-likeness (QED) is 0.317. The van der Waals surface area contributed by atoms with Crippen molar-refractivity contribution in [2.45, 2.75) is 0 Å². The number of esters is 1. The Morgan fingerprint density at radius 3 is 2.50 bits per heavy atom. The van der Waals surface area contributed by atoms with Gasteiger partial charge in [0.25, 0.3) is 0 Å². The number of benzene rings is 1. The first-order chi connectivity index (χ1) is 12.2. The topological polar surface area (TPSA) is 103 Å². The molecule has 2 N–H and O–H groups in total. The van der Waals surface area contributed by atoms with Crippen LogP contribution in [-0.2, 0) is 4.74 Å². The molecule has 136 valence electrons. The van der Waals surface area contributed by atoms with Crippen molar-refractivity contribution in [2.24, 2.45) is 0 Å². The van der Waals surface area contributed by atoms with Gasteiger partial charge >= 0.3 is 18.9 Å². The Morgan fingerprint density at radius 2 is 1.88 bits per heavy atom. The highest BCUT2D eigenvalue weighted by Gasteiger charge is 2.20. The van der Waals surface area contributed by atoms with E-state index in [2.05, 4.69) is 14.9 Å². The number of carbonyl (C=O) groups excluding carboxylic acids is 1. The number of nitrogens with one attached hydrogen (secondary N) is 1. The molecular formula is C14H11BF4N4O3. The number of aliphatic hydroxyl groups is 1. The largest absolute Gasteiger partial charge is 0.673 e. The third kappa shape index (κ3) is 4.90. The number of H-pyrrole nitrogens is 1. The molecule has 0 amide bonds. The van der Waals surface area contributed by atoms with Crippen molar-refractivity contribution >= 4 is 40.7 Å². The van der Waals surface area contributed by atoms with Gasteiger partial charge in [0, 0.05) is 28.4 Å². The average molecular weight is 370 g/mol. The molecule has 7 nitrogen and oxygen atoms in total. The minimum Gasteiger partial charge on any atom is -0.459 e. The second-order valence-corrected chi connectivity index (χ2v) is 4.92. The van der Waals surface area contributed by atoms with Crippen molar-refractivity contribution < 1.29 is 31.9 Å². The van der Waals surface area contributed by atoms with Crippen LogP contribution in [0.3, 0.4) is 0 Å². The van der Waals surface area contributed by atoms with Crippen LogP contribution in [0.15, 0.2) is 30.5 Å². The summed E-state index contributed by atoms with van der Waals surface area (Å²) < 4.78 is 43.8. The van der Waals surface area contributed by atoms with Crippen molar-refractivity contribution in [1.29, 1.82) is 5.39 Å². The Morgan fingerprint density at radius 1 is 1.23 bits per heavy atom. The van der Waals surface area contributed by atoms with Crippen LogP contribution in [0.2, 0.25) is 0 Å². The SMILES string of the molecule is F[B-](F)(F)F.N#[N+]c1ccc2[nH]c3cnc(C(=O)OCCO)cc3c2c1. The molecule has 0 aliphatic heterocycles. The van der Waals surface area contributed by atoms with Crippen molar-refractivity contribution in [3.8, 4) is 0 Å². The van der Waals surface area contributed by atoms with E-state index in [1.807, 2.05) is 0 Å². The van der Waals surface area contributed by atoms with E-state index in [0.717, 1.165) is 21.8 Å². The summed E-state index contributed by atoms with van der Waals surface area (Å²) in [7, 11) is -6.00. The molecule has 1 aromatic carbocycles. The molecule has 12 heteroatoms. The number of pyridine rings is 1. The molecule has 0 atom stereocenters. The summed E-state index contributed by atoms with van der Waals surface area (Å²) in [6, 6.07) is 6.77. The number of hydrogen-bond acceptors (Lipinski definition) is 5. The van der Waals surface area contributed by atoms with Gasteiger partial charge in [-0.2, -0.15) is 0 Å². The summed E-state index contributed by atoms with van der Waals surface area (Å²) in [5, 5.41) is 19.1. The Kier molecular flexibility index (Phi) is 5.73. The standard InChI is InChI=1S/C14H10N4O3.BF4/c15-18-8-1-2-11-9(5-8)10-6-12(14(20)21-4-3-19)16-7-13(10)17-11;2-1(3,4)5/h1-2,5-7,19H,3-4H2;/q;-1/p+1. The molecule has 0 fully saturated rings. The number of aromatic nitrogens is 2. The summed E-state index contributed by atoms with van der Waals surface area (Å²) in [6.07, 6.45) is 1.54. The summed E-state index contributed by atoms with van der Waals surface area (Å²) in [4.78, 5) is 22.1. The van der Waals surface area contributed by atoms with Crippen LogP contribution in [0.25, 0.3) is 26.8 Å². The number of halogens is 4. The Balaban J connectivity index is 0.000000431. The molecule has 0 unspecified atom stereocenters. The normalized spacial score (nSPS) is 10.9. The second-order valence-electron chi connectivity index (χ2n) is 4.92. The molecule has 26 heavy (non-hydrogen) atoms. The van der Waals surface area contributed by atoms with Gasteiger partial charge in [0.1, 0.15) is 12.3 Å². The molecule has 3 rings (SSSR count). The van der Waals surface area contributed by atoms with Crippen LogP contribution in [0.4, 0.5) is 23.0 Å². The van der Waals surface area contributed by atoms with Crippen molar-refractivity contribution in [1.82, 2.24) is 9.97 Å². The predicted octanol–water partition coefficient (Wildman–Crippen LogP) is 3.65. The maximum Gasteiger partial charge on any atom is 0.673 e. The van der Waals surface area contributed by atoms with Crippen LogP contribution < -0.4 is 0 Å². The predicted molar refractivity (Wildman–Crippen MR) is 85.9 cm³/mol. The maximum absolute atomic E-state index is 11.8. The monoisotopic (exact) mass is 370 g/mol. The number of nitrogens with zero attached hydrogens (tertiary/aromatic N) is 3. The average Bonchev–Trinajstić information content (AvgIpc) is 2.95. The van der Waals surface area contributed by atoms with Gasteiger partial charge < -0.3 is 32.1 Å². The summed E-state index contributed by atoms with van der Waals surface area (Å²) in [5.41, 5.74) is 2.19. The maximum atomic E-state index is 11.8. The Hall–Kier alpha value is -3.20. The molecule has 0 saturated heterocycles. The van der Waals surface area contributed by atoms with Crippen LogP contribution in [0.1, 0.15) is 10.5 Å². The number of diazo groups is 1. The Bertz CT molecular complexity index is 978. The highest BCUT2D eigenvalue weighted by Crippen LogP contribution is 2.29. The first-order valence-electron chi connectivity index (χ1n) is 7.15. The number of rotatable bonds is 3. The smallest absolute Gasteiger partial charge is 0.459 e. The molecule has 0 aliphatic rings. The van der Waals surface area contributed by atoms with Gasteiger partial charge in [-0.25, -0.2) is 9.78 Å². The van der Waals surface area contributed by atoms with Gasteiger partial charge in [-0.05, 0) is 12.1 Å². The molecular weight excluding hydrogens is 359 g/mol. The molecule has 0 radical (unpaired) electrons. The molecule has 0 saturated carbocycles. The van der Waals surface area contributed by atoms with Crippen LogP contribution in [0.5, 0.6) is 0 Å². The van der Waals surface area contributed by atoms with Crippen LogP contribution >= 0.6 is 0 Å². The Labute approximate surface area is 143 Å². The fraction of sp³-hybridized carbons (Fsp3) is 0.143. The zero-order chi connectivity index (χ0) is 19.3. The first-order valence-corrected chi connectivity index (χ1v) is 7.15.